The number of hydrogen-bond acceptors (Lipinski definition) is 4. The lowest BCUT2D eigenvalue weighted by Crippen LogP contribution is -2.58. The summed E-state index contributed by atoms with van der Waals surface area (Å²) in [4.78, 5) is 5.03. The van der Waals surface area contributed by atoms with Gasteiger partial charge in [-0.2, -0.15) is 0 Å². The number of morpholine rings is 1. The molecule has 0 saturated carbocycles. The van der Waals surface area contributed by atoms with Crippen LogP contribution in [-0.2, 0) is 4.74 Å². The number of ether oxygens (including phenoxy) is 1. The van der Waals surface area contributed by atoms with E-state index in [1.807, 2.05) is 0 Å². The van der Waals surface area contributed by atoms with Crippen LogP contribution in [0.25, 0.3) is 0 Å². The van der Waals surface area contributed by atoms with E-state index >= 15 is 0 Å². The van der Waals surface area contributed by atoms with Gasteiger partial charge in [0.25, 0.3) is 0 Å². The first-order valence-corrected chi connectivity index (χ1v) is 6.86. The summed E-state index contributed by atoms with van der Waals surface area (Å²) in [5.74, 6) is 0. The maximum absolute atomic E-state index is 5.98. The zero-order valence-corrected chi connectivity index (χ0v) is 11.6. The van der Waals surface area contributed by atoms with Crippen LogP contribution in [0.3, 0.4) is 0 Å². The van der Waals surface area contributed by atoms with E-state index < -0.39 is 0 Å². The lowest BCUT2D eigenvalue weighted by molar-refractivity contribution is -0.0586. The average Bonchev–Trinajstić information content (AvgIpc) is 2.26. The van der Waals surface area contributed by atoms with Crippen molar-refractivity contribution in [2.24, 2.45) is 0 Å². The van der Waals surface area contributed by atoms with Crippen LogP contribution in [0.5, 0.6) is 0 Å². The average molecular weight is 241 g/mol. The van der Waals surface area contributed by atoms with Gasteiger partial charge in [0.1, 0.15) is 0 Å². The minimum atomic E-state index is 0.356. The van der Waals surface area contributed by atoms with Gasteiger partial charge >= 0.3 is 0 Å². The lowest BCUT2D eigenvalue weighted by Gasteiger charge is -2.44. The first-order valence-electron chi connectivity index (χ1n) is 6.86. The summed E-state index contributed by atoms with van der Waals surface area (Å²) in [5, 5.41) is 3.45. The molecule has 0 spiro atoms. The van der Waals surface area contributed by atoms with Crippen LogP contribution in [-0.4, -0.2) is 73.9 Å². The second kappa shape index (κ2) is 5.65. The fourth-order valence-electron chi connectivity index (χ4n) is 2.87. The summed E-state index contributed by atoms with van der Waals surface area (Å²) in [7, 11) is 2.22. The van der Waals surface area contributed by atoms with E-state index in [1.165, 1.54) is 0 Å². The van der Waals surface area contributed by atoms with Gasteiger partial charge in [0.15, 0.2) is 0 Å². The number of hydrogen-bond donors (Lipinski definition) is 1. The third-order valence-electron chi connectivity index (χ3n) is 4.09. The minimum absolute atomic E-state index is 0.356. The van der Waals surface area contributed by atoms with Gasteiger partial charge in [-0.15, -0.1) is 0 Å². The molecule has 4 nitrogen and oxygen atoms in total. The first-order chi connectivity index (χ1) is 8.06. The molecule has 0 aliphatic carbocycles. The standard InChI is InChI=1S/C13H27N3O/c1-10-8-16(11(2)7-15(10)4)9-13-6-14-5-12(3)17-13/h10-14H,5-9H2,1-4H3/t10?,11?,12-,13+/m1/s1. The molecule has 0 radical (unpaired) electrons. The van der Waals surface area contributed by atoms with Gasteiger partial charge in [0.2, 0.25) is 0 Å². The second-order valence-electron chi connectivity index (χ2n) is 5.82. The molecule has 2 aliphatic rings. The Morgan fingerprint density at radius 1 is 1.12 bits per heavy atom. The molecular formula is C13H27N3O. The summed E-state index contributed by atoms with van der Waals surface area (Å²) >= 11 is 0. The zero-order chi connectivity index (χ0) is 12.4. The molecule has 0 amide bonds. The number of piperazine rings is 1. The van der Waals surface area contributed by atoms with Gasteiger partial charge in [-0.25, -0.2) is 0 Å². The fourth-order valence-corrected chi connectivity index (χ4v) is 2.87. The van der Waals surface area contributed by atoms with Crippen LogP contribution in [0.2, 0.25) is 0 Å². The van der Waals surface area contributed by atoms with Gasteiger partial charge in [-0.05, 0) is 27.8 Å². The third kappa shape index (κ3) is 3.41. The second-order valence-corrected chi connectivity index (χ2v) is 5.82. The normalized spacial score (nSPS) is 41.6. The van der Waals surface area contributed by atoms with Crippen LogP contribution in [0.15, 0.2) is 0 Å². The molecule has 0 bridgehead atoms. The van der Waals surface area contributed by atoms with Crippen LogP contribution >= 0.6 is 0 Å². The Morgan fingerprint density at radius 2 is 1.88 bits per heavy atom. The van der Waals surface area contributed by atoms with Crippen molar-refractivity contribution in [3.8, 4) is 0 Å². The number of rotatable bonds is 2. The van der Waals surface area contributed by atoms with Crippen LogP contribution in [0, 0.1) is 0 Å². The van der Waals surface area contributed by atoms with Crippen molar-refractivity contribution < 1.29 is 4.74 Å². The molecule has 2 saturated heterocycles. The Bertz CT molecular complexity index is 249. The van der Waals surface area contributed by atoms with Crippen molar-refractivity contribution in [3.05, 3.63) is 0 Å². The van der Waals surface area contributed by atoms with E-state index in [9.17, 15) is 0 Å². The SMILES string of the molecule is CC1CN(C[C@@H]2CNC[C@@H](C)O2)C(C)CN1C. The van der Waals surface area contributed by atoms with Gasteiger partial charge in [-0.3, -0.25) is 4.90 Å². The number of nitrogens with one attached hydrogen (secondary N) is 1. The van der Waals surface area contributed by atoms with Gasteiger partial charge in [0.05, 0.1) is 12.2 Å². The van der Waals surface area contributed by atoms with Crippen LogP contribution in [0.4, 0.5) is 0 Å². The molecule has 4 atom stereocenters. The van der Waals surface area contributed by atoms with E-state index in [0.717, 1.165) is 32.7 Å². The molecule has 0 aromatic rings. The van der Waals surface area contributed by atoms with Crippen molar-refractivity contribution in [2.45, 2.75) is 45.1 Å². The van der Waals surface area contributed by atoms with Crippen molar-refractivity contribution >= 4 is 0 Å². The van der Waals surface area contributed by atoms with Gasteiger partial charge < -0.3 is 15.0 Å². The van der Waals surface area contributed by atoms with E-state index in [0.29, 0.717) is 24.3 Å². The van der Waals surface area contributed by atoms with Crippen molar-refractivity contribution in [2.75, 3.05) is 39.8 Å². The molecule has 2 aliphatic heterocycles. The molecule has 1 N–H and O–H groups in total. The number of likely N-dealkylation sites (N-methyl/N-ethyl adjacent to an activating group) is 1. The maximum Gasteiger partial charge on any atom is 0.0830 e. The Balaban J connectivity index is 1.85. The minimum Gasteiger partial charge on any atom is -0.371 e. The summed E-state index contributed by atoms with van der Waals surface area (Å²) < 4.78 is 5.98. The smallest absolute Gasteiger partial charge is 0.0830 e. The van der Waals surface area contributed by atoms with E-state index in [4.69, 9.17) is 4.74 Å². The lowest BCUT2D eigenvalue weighted by atomic mass is 10.1. The van der Waals surface area contributed by atoms with E-state index in [1.54, 1.807) is 0 Å². The molecule has 2 unspecified atom stereocenters. The highest BCUT2D eigenvalue weighted by atomic mass is 16.5. The molecule has 2 heterocycles. The summed E-state index contributed by atoms with van der Waals surface area (Å²) in [6.07, 6.45) is 0.714. The van der Waals surface area contributed by atoms with E-state index in [2.05, 4.69) is 42.9 Å². The Kier molecular flexibility index (Phi) is 4.42. The summed E-state index contributed by atoms with van der Waals surface area (Å²) in [5.41, 5.74) is 0. The molecule has 100 valence electrons. The quantitative estimate of drug-likeness (QED) is 0.757. The van der Waals surface area contributed by atoms with Crippen molar-refractivity contribution in [1.29, 1.82) is 0 Å². The van der Waals surface area contributed by atoms with Gasteiger partial charge in [-0.1, -0.05) is 0 Å². The van der Waals surface area contributed by atoms with Crippen molar-refractivity contribution in [3.63, 3.8) is 0 Å². The Morgan fingerprint density at radius 3 is 2.59 bits per heavy atom. The molecule has 17 heavy (non-hydrogen) atoms. The van der Waals surface area contributed by atoms with Gasteiger partial charge in [0, 0.05) is 44.8 Å². The van der Waals surface area contributed by atoms with E-state index in [-0.39, 0.29) is 0 Å². The highest BCUT2D eigenvalue weighted by molar-refractivity contribution is 4.85. The fraction of sp³-hybridized carbons (Fsp3) is 1.00. The molecule has 2 fully saturated rings. The van der Waals surface area contributed by atoms with Crippen molar-refractivity contribution in [1.82, 2.24) is 15.1 Å². The first kappa shape index (κ1) is 13.3. The molecule has 4 heteroatoms. The largest absolute Gasteiger partial charge is 0.371 e. The monoisotopic (exact) mass is 241 g/mol. The zero-order valence-electron chi connectivity index (χ0n) is 11.6. The summed E-state index contributed by atoms with van der Waals surface area (Å²) in [6.45, 7) is 12.2. The highest BCUT2D eigenvalue weighted by Crippen LogP contribution is 2.15. The molecule has 2 rings (SSSR count). The predicted molar refractivity (Wildman–Crippen MR) is 70.3 cm³/mol. The van der Waals surface area contributed by atoms with Crippen LogP contribution < -0.4 is 5.32 Å². The summed E-state index contributed by atoms with van der Waals surface area (Å²) in [6, 6.07) is 1.29. The number of nitrogens with zero attached hydrogens (tertiary/aromatic N) is 2. The maximum atomic E-state index is 5.98. The Labute approximate surface area is 105 Å². The molecular weight excluding hydrogens is 214 g/mol. The molecule has 0 aromatic heterocycles. The highest BCUT2D eigenvalue weighted by Gasteiger charge is 2.29. The predicted octanol–water partition coefficient (Wildman–Crippen LogP) is 0.388. The van der Waals surface area contributed by atoms with Crippen LogP contribution in [0.1, 0.15) is 20.8 Å². The molecule has 0 aromatic carbocycles. The topological polar surface area (TPSA) is 27.7 Å². The third-order valence-corrected chi connectivity index (χ3v) is 4.09. The Hall–Kier alpha value is -0.160.